The maximum absolute atomic E-state index is 12.7. The minimum absolute atomic E-state index is 0.0111. The van der Waals surface area contributed by atoms with E-state index >= 15 is 0 Å². The van der Waals surface area contributed by atoms with Crippen molar-refractivity contribution in [1.82, 2.24) is 4.90 Å². The zero-order chi connectivity index (χ0) is 17.3. The van der Waals surface area contributed by atoms with E-state index in [2.05, 4.69) is 37.8 Å². The quantitative estimate of drug-likeness (QED) is 0.800. The van der Waals surface area contributed by atoms with Crippen LogP contribution in [0.15, 0.2) is 24.3 Å². The van der Waals surface area contributed by atoms with Gasteiger partial charge in [0.2, 0.25) is 5.91 Å². The van der Waals surface area contributed by atoms with Gasteiger partial charge in [-0.25, -0.2) is 0 Å². The van der Waals surface area contributed by atoms with Gasteiger partial charge >= 0.3 is 0 Å². The van der Waals surface area contributed by atoms with Gasteiger partial charge < -0.3 is 9.64 Å². The second kappa shape index (κ2) is 6.99. The third-order valence-electron chi connectivity index (χ3n) is 5.70. The van der Waals surface area contributed by atoms with Crippen molar-refractivity contribution in [3.8, 4) is 5.75 Å². The normalized spacial score (nSPS) is 30.4. The molecule has 0 N–H and O–H groups in total. The average Bonchev–Trinajstić information content (AvgIpc) is 2.85. The van der Waals surface area contributed by atoms with E-state index in [0.29, 0.717) is 36.0 Å². The molecule has 1 amide bonds. The molecule has 3 atom stereocenters. The Labute approximate surface area is 150 Å². The topological polar surface area (TPSA) is 29.5 Å². The highest BCUT2D eigenvalue weighted by Gasteiger charge is 2.54. The minimum atomic E-state index is -0.0111. The van der Waals surface area contributed by atoms with Crippen LogP contribution in [0.4, 0.5) is 0 Å². The van der Waals surface area contributed by atoms with Gasteiger partial charge in [-0.2, -0.15) is 0 Å². The monoisotopic (exact) mass is 347 g/mol. The van der Waals surface area contributed by atoms with E-state index in [1.807, 2.05) is 23.9 Å². The molecule has 0 unspecified atom stereocenters. The molecule has 1 heterocycles. The number of nitrogens with zero attached hydrogens (tertiary/aromatic N) is 1. The molecule has 1 saturated heterocycles. The van der Waals surface area contributed by atoms with E-state index in [9.17, 15) is 4.79 Å². The van der Waals surface area contributed by atoms with Crippen molar-refractivity contribution in [2.24, 2.45) is 17.8 Å². The lowest BCUT2D eigenvalue weighted by Crippen LogP contribution is -2.53. The van der Waals surface area contributed by atoms with Crippen LogP contribution in [-0.4, -0.2) is 28.5 Å². The number of carbonyl (C=O) groups excluding carboxylic acids is 1. The van der Waals surface area contributed by atoms with Gasteiger partial charge in [0.15, 0.2) is 0 Å². The van der Waals surface area contributed by atoms with Crippen molar-refractivity contribution in [3.63, 3.8) is 0 Å². The van der Waals surface area contributed by atoms with Gasteiger partial charge in [0.25, 0.3) is 0 Å². The number of rotatable bonds is 4. The zero-order valence-corrected chi connectivity index (χ0v) is 16.1. The predicted octanol–water partition coefficient (Wildman–Crippen LogP) is 4.56. The Morgan fingerprint density at radius 2 is 2.00 bits per heavy atom. The Morgan fingerprint density at radius 3 is 2.62 bits per heavy atom. The Balaban J connectivity index is 1.88. The molecule has 1 spiro atoms. The summed E-state index contributed by atoms with van der Waals surface area (Å²) in [6.07, 6.45) is 3.65. The van der Waals surface area contributed by atoms with Crippen LogP contribution < -0.4 is 4.74 Å². The van der Waals surface area contributed by atoms with Crippen LogP contribution in [0.2, 0.25) is 0 Å². The Morgan fingerprint density at radius 1 is 1.29 bits per heavy atom. The first-order chi connectivity index (χ1) is 11.5. The molecule has 1 saturated carbocycles. The fourth-order valence-electron chi connectivity index (χ4n) is 4.46. The fraction of sp³-hybridized carbons (Fsp3) is 0.650. The standard InChI is InChI=1S/C20H29NO2S/c1-14(2)18-10-5-15(3)11-20(18)21(19(22)13-24-20)12-16-6-8-17(23-4)9-7-16/h6-9,14-15,18H,5,10-13H2,1-4H3/t15-,18+,20+/m1/s1. The van der Waals surface area contributed by atoms with Gasteiger partial charge in [0, 0.05) is 6.54 Å². The summed E-state index contributed by atoms with van der Waals surface area (Å²) < 4.78 is 5.25. The second-order valence-corrected chi connectivity index (χ2v) is 8.98. The van der Waals surface area contributed by atoms with Crippen LogP contribution in [0.5, 0.6) is 5.75 Å². The molecular formula is C20H29NO2S. The van der Waals surface area contributed by atoms with Gasteiger partial charge in [-0.1, -0.05) is 39.3 Å². The van der Waals surface area contributed by atoms with Crippen LogP contribution in [0.3, 0.4) is 0 Å². The molecule has 24 heavy (non-hydrogen) atoms. The molecule has 0 bridgehead atoms. The number of ether oxygens (including phenoxy) is 1. The SMILES string of the molecule is COc1ccc(CN2C(=O)CS[C@]23C[C@H](C)CC[C@H]3C(C)C)cc1. The third-order valence-corrected chi connectivity index (χ3v) is 7.28. The first-order valence-corrected chi connectivity index (χ1v) is 10.0. The summed E-state index contributed by atoms with van der Waals surface area (Å²) in [5.41, 5.74) is 1.19. The number of thioether (sulfide) groups is 1. The number of amides is 1. The minimum Gasteiger partial charge on any atom is -0.497 e. The smallest absolute Gasteiger partial charge is 0.234 e. The van der Waals surface area contributed by atoms with E-state index in [0.717, 1.165) is 12.2 Å². The average molecular weight is 348 g/mol. The lowest BCUT2D eigenvalue weighted by atomic mass is 9.72. The molecule has 2 aliphatic rings. The molecule has 1 aliphatic heterocycles. The van der Waals surface area contributed by atoms with Crippen molar-refractivity contribution < 1.29 is 9.53 Å². The van der Waals surface area contributed by atoms with Crippen LogP contribution in [0.25, 0.3) is 0 Å². The van der Waals surface area contributed by atoms with Crippen molar-refractivity contribution in [2.75, 3.05) is 12.9 Å². The first kappa shape index (κ1) is 17.7. The number of hydrogen-bond acceptors (Lipinski definition) is 3. The zero-order valence-electron chi connectivity index (χ0n) is 15.2. The summed E-state index contributed by atoms with van der Waals surface area (Å²) in [5.74, 6) is 3.68. The number of hydrogen-bond donors (Lipinski definition) is 0. The van der Waals surface area contributed by atoms with E-state index in [1.165, 1.54) is 18.4 Å². The van der Waals surface area contributed by atoms with Crippen molar-refractivity contribution in [2.45, 2.75) is 51.4 Å². The lowest BCUT2D eigenvalue weighted by molar-refractivity contribution is -0.134. The fourth-order valence-corrected chi connectivity index (χ4v) is 6.32. The number of carbonyl (C=O) groups is 1. The molecule has 2 fully saturated rings. The van der Waals surface area contributed by atoms with Crippen LogP contribution in [0.1, 0.15) is 45.6 Å². The molecule has 1 aromatic carbocycles. The van der Waals surface area contributed by atoms with Crippen LogP contribution >= 0.6 is 11.8 Å². The summed E-state index contributed by atoms with van der Waals surface area (Å²) >= 11 is 1.90. The van der Waals surface area contributed by atoms with E-state index in [1.54, 1.807) is 7.11 Å². The highest BCUT2D eigenvalue weighted by Crippen LogP contribution is 2.54. The van der Waals surface area contributed by atoms with Gasteiger partial charge in [0.05, 0.1) is 17.7 Å². The second-order valence-electron chi connectivity index (χ2n) is 7.70. The van der Waals surface area contributed by atoms with Gasteiger partial charge in [-0.05, 0) is 48.3 Å². The molecule has 132 valence electrons. The van der Waals surface area contributed by atoms with Crippen molar-refractivity contribution in [3.05, 3.63) is 29.8 Å². The summed E-state index contributed by atoms with van der Waals surface area (Å²) in [6.45, 7) is 7.69. The molecular weight excluding hydrogens is 318 g/mol. The first-order valence-electron chi connectivity index (χ1n) is 9.03. The Hall–Kier alpha value is -1.16. The molecule has 3 rings (SSSR count). The lowest BCUT2D eigenvalue weighted by Gasteiger charge is -2.50. The molecule has 3 nitrogen and oxygen atoms in total. The molecule has 4 heteroatoms. The summed E-state index contributed by atoms with van der Waals surface area (Å²) in [6, 6.07) is 8.14. The maximum atomic E-state index is 12.7. The summed E-state index contributed by atoms with van der Waals surface area (Å²) in [4.78, 5) is 14.9. The Bertz CT molecular complexity index is 586. The highest BCUT2D eigenvalue weighted by molar-refractivity contribution is 8.01. The summed E-state index contributed by atoms with van der Waals surface area (Å²) in [7, 11) is 1.68. The highest BCUT2D eigenvalue weighted by atomic mass is 32.2. The van der Waals surface area contributed by atoms with E-state index in [-0.39, 0.29) is 4.87 Å². The Kier molecular flexibility index (Phi) is 5.14. The van der Waals surface area contributed by atoms with Crippen molar-refractivity contribution >= 4 is 17.7 Å². The molecule has 1 aromatic rings. The van der Waals surface area contributed by atoms with E-state index in [4.69, 9.17) is 4.74 Å². The summed E-state index contributed by atoms with van der Waals surface area (Å²) in [5, 5.41) is 0. The van der Waals surface area contributed by atoms with Crippen molar-refractivity contribution in [1.29, 1.82) is 0 Å². The third kappa shape index (κ3) is 3.17. The van der Waals surface area contributed by atoms with Gasteiger partial charge in [-0.3, -0.25) is 4.79 Å². The largest absolute Gasteiger partial charge is 0.497 e. The number of benzene rings is 1. The maximum Gasteiger partial charge on any atom is 0.234 e. The number of methoxy groups -OCH3 is 1. The van der Waals surface area contributed by atoms with Crippen LogP contribution in [0, 0.1) is 17.8 Å². The van der Waals surface area contributed by atoms with Gasteiger partial charge in [0.1, 0.15) is 5.75 Å². The van der Waals surface area contributed by atoms with E-state index < -0.39 is 0 Å². The molecule has 0 aromatic heterocycles. The molecule has 1 aliphatic carbocycles. The molecule has 0 radical (unpaired) electrons. The predicted molar refractivity (Wildman–Crippen MR) is 100 cm³/mol. The van der Waals surface area contributed by atoms with Gasteiger partial charge in [-0.15, -0.1) is 11.8 Å². The van der Waals surface area contributed by atoms with Crippen LogP contribution in [-0.2, 0) is 11.3 Å².